The van der Waals surface area contributed by atoms with Gasteiger partial charge in [0, 0.05) is 6.04 Å². The Morgan fingerprint density at radius 1 is 1.25 bits per heavy atom. The first-order chi connectivity index (χ1) is 5.70. The van der Waals surface area contributed by atoms with Crippen molar-refractivity contribution in [1.82, 2.24) is 5.32 Å². The van der Waals surface area contributed by atoms with Gasteiger partial charge in [-0.25, -0.2) is 0 Å². The van der Waals surface area contributed by atoms with Crippen LogP contribution in [0.25, 0.3) is 0 Å². The summed E-state index contributed by atoms with van der Waals surface area (Å²) in [5, 5.41) is 12.1. The van der Waals surface area contributed by atoms with E-state index in [1.165, 1.54) is 0 Å². The van der Waals surface area contributed by atoms with E-state index >= 15 is 0 Å². The number of nitrogens with one attached hydrogen (secondary N) is 1. The molecule has 0 aromatic rings. The second kappa shape index (κ2) is 10.9. The molecule has 0 amide bonds. The quantitative estimate of drug-likeness (QED) is 0.670. The lowest BCUT2D eigenvalue weighted by Gasteiger charge is -2.16. The second-order valence-electron chi connectivity index (χ2n) is 3.07. The van der Waals surface area contributed by atoms with Crippen LogP contribution in [0.2, 0.25) is 0 Å². The standard InChI is InChI=1S/C8H19NO.C2H6/c1-4-9-8(6-10)5-7(2)3;1-2/h7-10H,4-6H2,1-3H3;1-2H3. The third-order valence-electron chi connectivity index (χ3n) is 1.47. The molecule has 2 N–H and O–H groups in total. The van der Waals surface area contributed by atoms with E-state index in [4.69, 9.17) is 5.11 Å². The topological polar surface area (TPSA) is 32.3 Å². The van der Waals surface area contributed by atoms with Gasteiger partial charge in [-0.1, -0.05) is 34.6 Å². The van der Waals surface area contributed by atoms with Crippen LogP contribution in [0.4, 0.5) is 0 Å². The fourth-order valence-corrected chi connectivity index (χ4v) is 1.08. The van der Waals surface area contributed by atoms with E-state index in [1.54, 1.807) is 0 Å². The third-order valence-corrected chi connectivity index (χ3v) is 1.47. The van der Waals surface area contributed by atoms with E-state index in [2.05, 4.69) is 26.1 Å². The Hall–Kier alpha value is -0.0800. The molecule has 0 fully saturated rings. The summed E-state index contributed by atoms with van der Waals surface area (Å²) in [5.74, 6) is 0.663. The molecule has 1 atom stereocenters. The van der Waals surface area contributed by atoms with Crippen molar-refractivity contribution in [3.05, 3.63) is 0 Å². The van der Waals surface area contributed by atoms with E-state index in [0.717, 1.165) is 13.0 Å². The molecule has 0 saturated heterocycles. The predicted molar refractivity (Wildman–Crippen MR) is 55.4 cm³/mol. The number of hydrogen-bond donors (Lipinski definition) is 2. The Labute approximate surface area is 77.4 Å². The maximum atomic E-state index is 8.84. The summed E-state index contributed by atoms with van der Waals surface area (Å²) >= 11 is 0. The smallest absolute Gasteiger partial charge is 0.0584 e. The molecule has 1 unspecified atom stereocenters. The first kappa shape index (κ1) is 14.4. The van der Waals surface area contributed by atoms with Gasteiger partial charge in [0.1, 0.15) is 0 Å². The molecule has 76 valence electrons. The minimum Gasteiger partial charge on any atom is -0.395 e. The molecule has 0 aliphatic rings. The highest BCUT2D eigenvalue weighted by molar-refractivity contribution is 4.65. The van der Waals surface area contributed by atoms with Gasteiger partial charge in [0.25, 0.3) is 0 Å². The summed E-state index contributed by atoms with van der Waals surface area (Å²) in [6.07, 6.45) is 1.06. The zero-order chi connectivity index (χ0) is 9.98. The molecule has 0 saturated carbocycles. The van der Waals surface area contributed by atoms with Crippen LogP contribution < -0.4 is 5.32 Å². The lowest BCUT2D eigenvalue weighted by Crippen LogP contribution is -2.33. The summed E-state index contributed by atoms with van der Waals surface area (Å²) in [6, 6.07) is 0.296. The molecule has 2 nitrogen and oxygen atoms in total. The molecule has 0 spiro atoms. The maximum Gasteiger partial charge on any atom is 0.0584 e. The van der Waals surface area contributed by atoms with Crippen LogP contribution in [0.1, 0.15) is 41.0 Å². The molecule has 0 aliphatic carbocycles. The van der Waals surface area contributed by atoms with E-state index in [0.29, 0.717) is 12.0 Å². The molecule has 0 aromatic carbocycles. The van der Waals surface area contributed by atoms with Gasteiger partial charge < -0.3 is 10.4 Å². The predicted octanol–water partition coefficient (Wildman–Crippen LogP) is 2.03. The summed E-state index contributed by atoms with van der Waals surface area (Å²) < 4.78 is 0. The van der Waals surface area contributed by atoms with E-state index in [1.807, 2.05) is 13.8 Å². The first-order valence-corrected chi connectivity index (χ1v) is 5.05. The summed E-state index contributed by atoms with van der Waals surface area (Å²) in [4.78, 5) is 0. The van der Waals surface area contributed by atoms with Crippen LogP contribution in [0, 0.1) is 5.92 Å². The highest BCUT2D eigenvalue weighted by Crippen LogP contribution is 2.03. The van der Waals surface area contributed by atoms with Crippen LogP contribution >= 0.6 is 0 Å². The van der Waals surface area contributed by atoms with E-state index < -0.39 is 0 Å². The highest BCUT2D eigenvalue weighted by atomic mass is 16.3. The molecule has 0 heterocycles. The van der Waals surface area contributed by atoms with Gasteiger partial charge in [-0.15, -0.1) is 0 Å². The summed E-state index contributed by atoms with van der Waals surface area (Å²) in [7, 11) is 0. The third kappa shape index (κ3) is 9.92. The molecular formula is C10H25NO. The van der Waals surface area contributed by atoms with Gasteiger partial charge >= 0.3 is 0 Å². The number of aliphatic hydroxyl groups excluding tert-OH is 1. The van der Waals surface area contributed by atoms with E-state index in [9.17, 15) is 0 Å². The van der Waals surface area contributed by atoms with Crippen molar-refractivity contribution in [3.8, 4) is 0 Å². The lowest BCUT2D eigenvalue weighted by molar-refractivity contribution is 0.226. The Kier molecular flexibility index (Phi) is 13.1. The zero-order valence-electron chi connectivity index (χ0n) is 9.22. The molecule has 0 rings (SSSR count). The monoisotopic (exact) mass is 175 g/mol. The minimum absolute atomic E-state index is 0.256. The lowest BCUT2D eigenvalue weighted by atomic mass is 10.0. The van der Waals surface area contributed by atoms with E-state index in [-0.39, 0.29) is 6.61 Å². The van der Waals surface area contributed by atoms with Gasteiger partial charge in [0.05, 0.1) is 6.61 Å². The number of likely N-dealkylation sites (N-methyl/N-ethyl adjacent to an activating group) is 1. The SMILES string of the molecule is CC.CCNC(CO)CC(C)C. The van der Waals surface area contributed by atoms with Crippen LogP contribution in [-0.2, 0) is 0 Å². The average Bonchev–Trinajstić information content (AvgIpc) is 2.07. The second-order valence-corrected chi connectivity index (χ2v) is 3.07. The molecule has 0 bridgehead atoms. The molecule has 0 radical (unpaired) electrons. The van der Waals surface area contributed by atoms with Crippen molar-refractivity contribution in [1.29, 1.82) is 0 Å². The van der Waals surface area contributed by atoms with Crippen molar-refractivity contribution in [3.63, 3.8) is 0 Å². The van der Waals surface area contributed by atoms with Crippen LogP contribution in [0.15, 0.2) is 0 Å². The molecule has 0 aromatic heterocycles. The normalized spacial score (nSPS) is 12.2. The van der Waals surface area contributed by atoms with Crippen molar-refractivity contribution >= 4 is 0 Å². The number of rotatable bonds is 5. The fraction of sp³-hybridized carbons (Fsp3) is 1.00. The van der Waals surface area contributed by atoms with Crippen molar-refractivity contribution in [2.45, 2.75) is 47.1 Å². The number of aliphatic hydroxyl groups is 1. The minimum atomic E-state index is 0.256. The zero-order valence-corrected chi connectivity index (χ0v) is 9.22. The van der Waals surface area contributed by atoms with Gasteiger partial charge in [-0.3, -0.25) is 0 Å². The van der Waals surface area contributed by atoms with Gasteiger partial charge in [0.2, 0.25) is 0 Å². The fourth-order valence-electron chi connectivity index (χ4n) is 1.08. The molecular weight excluding hydrogens is 150 g/mol. The van der Waals surface area contributed by atoms with Crippen LogP contribution in [0.5, 0.6) is 0 Å². The number of hydrogen-bond acceptors (Lipinski definition) is 2. The Bertz CT molecular complexity index is 74.2. The Morgan fingerprint density at radius 2 is 1.75 bits per heavy atom. The summed E-state index contributed by atoms with van der Waals surface area (Å²) in [6.45, 7) is 11.6. The Balaban J connectivity index is 0. The summed E-state index contributed by atoms with van der Waals surface area (Å²) in [5.41, 5.74) is 0. The Morgan fingerprint density at radius 3 is 2.00 bits per heavy atom. The van der Waals surface area contributed by atoms with Crippen molar-refractivity contribution in [2.24, 2.45) is 5.92 Å². The molecule has 0 aliphatic heterocycles. The largest absolute Gasteiger partial charge is 0.395 e. The first-order valence-electron chi connectivity index (χ1n) is 5.05. The molecule has 12 heavy (non-hydrogen) atoms. The molecule has 2 heteroatoms. The van der Waals surface area contributed by atoms with Crippen molar-refractivity contribution < 1.29 is 5.11 Å². The van der Waals surface area contributed by atoms with Crippen LogP contribution in [0.3, 0.4) is 0 Å². The van der Waals surface area contributed by atoms with Gasteiger partial charge in [-0.05, 0) is 18.9 Å². The van der Waals surface area contributed by atoms with Gasteiger partial charge in [-0.2, -0.15) is 0 Å². The maximum absolute atomic E-state index is 8.84. The average molecular weight is 175 g/mol. The van der Waals surface area contributed by atoms with Crippen molar-refractivity contribution in [2.75, 3.05) is 13.2 Å². The highest BCUT2D eigenvalue weighted by Gasteiger charge is 2.06. The van der Waals surface area contributed by atoms with Crippen LogP contribution in [-0.4, -0.2) is 24.3 Å². The van der Waals surface area contributed by atoms with Gasteiger partial charge in [0.15, 0.2) is 0 Å².